The monoisotopic (exact) mass is 416 g/mol. The summed E-state index contributed by atoms with van der Waals surface area (Å²) in [4.78, 5) is 17.6. The number of ether oxygens (including phenoxy) is 2. The van der Waals surface area contributed by atoms with Crippen molar-refractivity contribution in [2.75, 3.05) is 14.2 Å². The molecule has 0 N–H and O–H groups in total. The van der Waals surface area contributed by atoms with Crippen molar-refractivity contribution in [2.24, 2.45) is 0 Å². The fourth-order valence-corrected chi connectivity index (χ4v) is 4.14. The number of aryl methyl sites for hydroxylation is 1. The Morgan fingerprint density at radius 3 is 2.61 bits per heavy atom. The lowest BCUT2D eigenvalue weighted by atomic mass is 10.1. The highest BCUT2D eigenvalue weighted by Crippen LogP contribution is 2.33. The highest BCUT2D eigenvalue weighted by Gasteiger charge is 2.14. The van der Waals surface area contributed by atoms with E-state index in [1.807, 2.05) is 19.1 Å². The molecule has 0 saturated heterocycles. The first-order valence-electron chi connectivity index (χ1n) is 8.63. The van der Waals surface area contributed by atoms with E-state index in [1.54, 1.807) is 43.1 Å². The van der Waals surface area contributed by atoms with Gasteiger partial charge < -0.3 is 9.47 Å². The van der Waals surface area contributed by atoms with Crippen LogP contribution < -0.4 is 15.0 Å². The van der Waals surface area contributed by atoms with Crippen LogP contribution in [0.25, 0.3) is 10.9 Å². The molecule has 7 heteroatoms. The Hall–Kier alpha value is -2.44. The topological polar surface area (TPSA) is 53.4 Å². The minimum absolute atomic E-state index is 0.126. The highest BCUT2D eigenvalue weighted by molar-refractivity contribution is 7.98. The summed E-state index contributed by atoms with van der Waals surface area (Å²) in [5.74, 6) is 2.00. The summed E-state index contributed by atoms with van der Waals surface area (Å²) in [6, 6.07) is 9.06. The third-order valence-electron chi connectivity index (χ3n) is 4.39. The van der Waals surface area contributed by atoms with Crippen LogP contribution in [0.15, 0.2) is 52.9 Å². The number of benzene rings is 2. The van der Waals surface area contributed by atoms with Gasteiger partial charge in [-0.2, -0.15) is 0 Å². The minimum atomic E-state index is -0.126. The number of methoxy groups -OCH3 is 2. The standard InChI is InChI=1S/C21H21ClN2O3S/c1-5-8-24-20(25)16-11-15(22)6-7-17(16)23-21(24)28-12-14-10-19(27-4)18(26-3)9-13(14)2/h5-7,9-11H,1,8,12H2,2-4H3. The van der Waals surface area contributed by atoms with Crippen LogP contribution in [0.3, 0.4) is 0 Å². The number of thioether (sulfide) groups is 1. The van der Waals surface area contributed by atoms with Gasteiger partial charge in [0.2, 0.25) is 0 Å². The Morgan fingerprint density at radius 2 is 1.93 bits per heavy atom. The van der Waals surface area contributed by atoms with Crippen molar-refractivity contribution in [3.8, 4) is 11.5 Å². The Balaban J connectivity index is 2.00. The Kier molecular flexibility index (Phi) is 6.31. The normalized spacial score (nSPS) is 10.9. The lowest BCUT2D eigenvalue weighted by molar-refractivity contribution is 0.354. The molecule has 3 rings (SSSR count). The second kappa shape index (κ2) is 8.71. The molecule has 5 nitrogen and oxygen atoms in total. The number of aromatic nitrogens is 2. The average molecular weight is 417 g/mol. The summed E-state index contributed by atoms with van der Waals surface area (Å²) in [7, 11) is 3.23. The van der Waals surface area contributed by atoms with Crippen molar-refractivity contribution in [3.63, 3.8) is 0 Å². The maximum Gasteiger partial charge on any atom is 0.262 e. The Labute approximate surface area is 172 Å². The number of halogens is 1. The van der Waals surface area contributed by atoms with Crippen LogP contribution in [0.5, 0.6) is 11.5 Å². The molecule has 0 bridgehead atoms. The molecule has 146 valence electrons. The van der Waals surface area contributed by atoms with Gasteiger partial charge in [0.15, 0.2) is 16.7 Å². The predicted molar refractivity (Wildman–Crippen MR) is 115 cm³/mol. The largest absolute Gasteiger partial charge is 0.493 e. The summed E-state index contributed by atoms with van der Waals surface area (Å²) in [6.07, 6.45) is 1.69. The number of fused-ring (bicyclic) bond motifs is 1. The van der Waals surface area contributed by atoms with Gasteiger partial charge in [0, 0.05) is 17.3 Å². The molecule has 0 aliphatic carbocycles. The van der Waals surface area contributed by atoms with Crippen molar-refractivity contribution in [1.82, 2.24) is 9.55 Å². The van der Waals surface area contributed by atoms with Crippen molar-refractivity contribution < 1.29 is 9.47 Å². The zero-order valence-corrected chi connectivity index (χ0v) is 17.6. The minimum Gasteiger partial charge on any atom is -0.493 e. The Morgan fingerprint density at radius 1 is 1.21 bits per heavy atom. The van der Waals surface area contributed by atoms with E-state index in [2.05, 4.69) is 11.6 Å². The van der Waals surface area contributed by atoms with E-state index in [0.717, 1.165) is 11.1 Å². The van der Waals surface area contributed by atoms with Gasteiger partial charge in [0.1, 0.15) is 0 Å². The number of hydrogen-bond donors (Lipinski definition) is 0. The number of allylic oxidation sites excluding steroid dienone is 1. The van der Waals surface area contributed by atoms with Crippen LogP contribution in [-0.4, -0.2) is 23.8 Å². The molecule has 0 aliphatic rings. The van der Waals surface area contributed by atoms with E-state index in [4.69, 9.17) is 21.1 Å². The maximum atomic E-state index is 12.9. The van der Waals surface area contributed by atoms with Crippen molar-refractivity contribution in [1.29, 1.82) is 0 Å². The van der Waals surface area contributed by atoms with Gasteiger partial charge in [-0.05, 0) is 48.4 Å². The average Bonchev–Trinajstić information content (AvgIpc) is 2.69. The molecular weight excluding hydrogens is 396 g/mol. The summed E-state index contributed by atoms with van der Waals surface area (Å²) in [5, 5.41) is 1.65. The van der Waals surface area contributed by atoms with Crippen molar-refractivity contribution in [3.05, 3.63) is 69.5 Å². The van der Waals surface area contributed by atoms with Gasteiger partial charge >= 0.3 is 0 Å². The summed E-state index contributed by atoms with van der Waals surface area (Å²) in [5.41, 5.74) is 2.66. The lowest BCUT2D eigenvalue weighted by Gasteiger charge is -2.14. The van der Waals surface area contributed by atoms with Crippen LogP contribution >= 0.6 is 23.4 Å². The van der Waals surface area contributed by atoms with Crippen LogP contribution in [0.2, 0.25) is 5.02 Å². The maximum absolute atomic E-state index is 12.9. The van der Waals surface area contributed by atoms with Crippen LogP contribution in [-0.2, 0) is 12.3 Å². The van der Waals surface area contributed by atoms with Gasteiger partial charge in [-0.1, -0.05) is 29.4 Å². The van der Waals surface area contributed by atoms with Crippen molar-refractivity contribution in [2.45, 2.75) is 24.4 Å². The molecule has 0 aliphatic heterocycles. The van der Waals surface area contributed by atoms with Crippen LogP contribution in [0, 0.1) is 6.92 Å². The van der Waals surface area contributed by atoms with E-state index < -0.39 is 0 Å². The van der Waals surface area contributed by atoms with E-state index in [9.17, 15) is 4.79 Å². The zero-order chi connectivity index (χ0) is 20.3. The third-order valence-corrected chi connectivity index (χ3v) is 5.65. The number of nitrogens with zero attached hydrogens (tertiary/aromatic N) is 2. The number of rotatable bonds is 7. The fraction of sp³-hybridized carbons (Fsp3) is 0.238. The van der Waals surface area contributed by atoms with Gasteiger partial charge in [0.25, 0.3) is 5.56 Å². The van der Waals surface area contributed by atoms with Crippen LogP contribution in [0.1, 0.15) is 11.1 Å². The second-order valence-electron chi connectivity index (χ2n) is 6.18. The van der Waals surface area contributed by atoms with Crippen molar-refractivity contribution >= 4 is 34.3 Å². The molecule has 0 radical (unpaired) electrons. The molecule has 3 aromatic rings. The fourth-order valence-electron chi connectivity index (χ4n) is 2.89. The van der Waals surface area contributed by atoms with E-state index >= 15 is 0 Å². The Bertz CT molecular complexity index is 1100. The lowest BCUT2D eigenvalue weighted by Crippen LogP contribution is -2.22. The smallest absolute Gasteiger partial charge is 0.262 e. The summed E-state index contributed by atoms with van der Waals surface area (Å²) < 4.78 is 12.4. The summed E-state index contributed by atoms with van der Waals surface area (Å²) >= 11 is 7.54. The van der Waals surface area contributed by atoms with Gasteiger partial charge in [-0.3, -0.25) is 9.36 Å². The second-order valence-corrected chi connectivity index (χ2v) is 7.56. The molecule has 0 atom stereocenters. The molecule has 28 heavy (non-hydrogen) atoms. The zero-order valence-electron chi connectivity index (χ0n) is 16.0. The quantitative estimate of drug-likeness (QED) is 0.313. The molecule has 0 unspecified atom stereocenters. The van der Waals surface area contributed by atoms with E-state index in [1.165, 1.54) is 11.8 Å². The molecular formula is C21H21ClN2O3S. The summed E-state index contributed by atoms with van der Waals surface area (Å²) in [6.45, 7) is 6.15. The first-order chi connectivity index (χ1) is 13.5. The predicted octanol–water partition coefficient (Wildman–Crippen LogP) is 4.85. The molecule has 0 spiro atoms. The molecule has 0 fully saturated rings. The van der Waals surface area contributed by atoms with E-state index in [0.29, 0.717) is 44.9 Å². The molecule has 0 amide bonds. The van der Waals surface area contributed by atoms with E-state index in [-0.39, 0.29) is 5.56 Å². The third kappa shape index (κ3) is 4.03. The van der Waals surface area contributed by atoms with Gasteiger partial charge in [-0.25, -0.2) is 4.98 Å². The number of hydrogen-bond acceptors (Lipinski definition) is 5. The highest BCUT2D eigenvalue weighted by atomic mass is 35.5. The van der Waals surface area contributed by atoms with Crippen LogP contribution in [0.4, 0.5) is 0 Å². The molecule has 2 aromatic carbocycles. The molecule has 0 saturated carbocycles. The first-order valence-corrected chi connectivity index (χ1v) is 10.00. The van der Waals surface area contributed by atoms with Gasteiger partial charge in [-0.15, -0.1) is 6.58 Å². The van der Waals surface area contributed by atoms with Gasteiger partial charge in [0.05, 0.1) is 25.1 Å². The molecule has 1 heterocycles. The SMILES string of the molecule is C=CCn1c(SCc2cc(OC)c(OC)cc2C)nc2ccc(Cl)cc2c1=O. The first kappa shape index (κ1) is 20.3. The molecule has 1 aromatic heterocycles.